The highest BCUT2D eigenvalue weighted by molar-refractivity contribution is 6.04. The van der Waals surface area contributed by atoms with Crippen LogP contribution in [0.25, 0.3) is 0 Å². The predicted molar refractivity (Wildman–Crippen MR) is 75.5 cm³/mol. The number of rotatable bonds is 3. The molecule has 5 nitrogen and oxygen atoms in total. The number of hydrogen-bond donors (Lipinski definition) is 1. The molecule has 1 heterocycles. The summed E-state index contributed by atoms with van der Waals surface area (Å²) >= 11 is 0. The Labute approximate surface area is 129 Å². The van der Waals surface area contributed by atoms with Crippen LogP contribution in [0.4, 0.5) is 24.7 Å². The molecule has 0 saturated carbocycles. The average molecular weight is 324 g/mol. The molecular weight excluding hydrogens is 313 g/mol. The van der Waals surface area contributed by atoms with E-state index in [1.807, 2.05) is 0 Å². The third-order valence-electron chi connectivity index (χ3n) is 2.98. The van der Waals surface area contributed by atoms with Gasteiger partial charge in [0.1, 0.15) is 5.56 Å². The summed E-state index contributed by atoms with van der Waals surface area (Å²) in [7, 11) is 0. The number of carbonyl (C=O) groups is 2. The largest absolute Gasteiger partial charge is 0.478 e. The molecule has 0 bridgehead atoms. The number of aromatic nitrogens is 1. The minimum Gasteiger partial charge on any atom is -0.478 e. The van der Waals surface area contributed by atoms with E-state index in [1.54, 1.807) is 0 Å². The molecule has 23 heavy (non-hydrogen) atoms. The van der Waals surface area contributed by atoms with Crippen molar-refractivity contribution in [2.75, 3.05) is 4.90 Å². The molecule has 1 N–H and O–H groups in total. The summed E-state index contributed by atoms with van der Waals surface area (Å²) in [5, 5.41) is 9.17. The lowest BCUT2D eigenvalue weighted by atomic mass is 10.1. The number of carboxylic acid groups (broad SMARTS) is 1. The Balaban J connectivity index is 2.62. The normalized spacial score (nSPS) is 11.1. The van der Waals surface area contributed by atoms with Crippen LogP contribution in [0.5, 0.6) is 0 Å². The second-order valence-corrected chi connectivity index (χ2v) is 4.58. The van der Waals surface area contributed by atoms with Gasteiger partial charge in [-0.2, -0.15) is 13.2 Å². The smallest absolute Gasteiger partial charge is 0.416 e. The van der Waals surface area contributed by atoms with Crippen LogP contribution < -0.4 is 4.90 Å². The molecule has 0 radical (unpaired) electrons. The van der Waals surface area contributed by atoms with Crippen molar-refractivity contribution in [1.29, 1.82) is 0 Å². The molecule has 0 spiro atoms. The van der Waals surface area contributed by atoms with Crippen LogP contribution in [0, 0.1) is 0 Å². The van der Waals surface area contributed by atoms with Crippen molar-refractivity contribution in [2.24, 2.45) is 0 Å². The highest BCUT2D eigenvalue weighted by Gasteiger charge is 2.32. The maximum absolute atomic E-state index is 12.8. The van der Waals surface area contributed by atoms with Crippen LogP contribution in [-0.2, 0) is 11.0 Å². The first-order valence-electron chi connectivity index (χ1n) is 6.38. The Kier molecular flexibility index (Phi) is 4.35. The van der Waals surface area contributed by atoms with Crippen LogP contribution >= 0.6 is 0 Å². The minimum atomic E-state index is -4.59. The number of carboxylic acids is 1. The molecule has 0 unspecified atom stereocenters. The molecule has 0 aliphatic carbocycles. The fraction of sp³-hybridized carbons (Fsp3) is 0.133. The first-order valence-corrected chi connectivity index (χ1v) is 6.38. The van der Waals surface area contributed by atoms with Gasteiger partial charge >= 0.3 is 12.1 Å². The van der Waals surface area contributed by atoms with E-state index in [1.165, 1.54) is 24.4 Å². The molecule has 0 atom stereocenters. The van der Waals surface area contributed by atoms with Gasteiger partial charge < -0.3 is 5.11 Å². The number of aromatic carboxylic acids is 1. The predicted octanol–water partition coefficient (Wildman–Crippen LogP) is 3.48. The summed E-state index contributed by atoms with van der Waals surface area (Å²) in [6, 6.07) is 6.61. The molecule has 0 aliphatic heterocycles. The Hall–Kier alpha value is -2.90. The van der Waals surface area contributed by atoms with Crippen LogP contribution in [-0.4, -0.2) is 22.0 Å². The molecule has 2 rings (SSSR count). The van der Waals surface area contributed by atoms with Crippen molar-refractivity contribution in [1.82, 2.24) is 4.98 Å². The van der Waals surface area contributed by atoms with Crippen molar-refractivity contribution in [3.63, 3.8) is 0 Å². The Bertz CT molecular complexity index is 760. The van der Waals surface area contributed by atoms with E-state index in [0.29, 0.717) is 0 Å². The molecule has 0 saturated heterocycles. The van der Waals surface area contributed by atoms with Crippen molar-refractivity contribution < 1.29 is 27.9 Å². The molecule has 1 aromatic carbocycles. The van der Waals surface area contributed by atoms with Gasteiger partial charge in [0.05, 0.1) is 11.3 Å². The molecule has 2 aromatic rings. The standard InChI is InChI=1S/C15H11F3N2O3/c1-9(21)20(13-12(14(22)23)6-3-7-19-13)11-5-2-4-10(8-11)15(16,17)18/h2-8H,1H3,(H,22,23). The lowest BCUT2D eigenvalue weighted by molar-refractivity contribution is -0.137. The fourth-order valence-electron chi connectivity index (χ4n) is 2.02. The SMILES string of the molecule is CC(=O)N(c1cccc(C(F)(F)F)c1)c1ncccc1C(=O)O. The zero-order valence-corrected chi connectivity index (χ0v) is 11.8. The Morgan fingerprint density at radius 2 is 1.87 bits per heavy atom. The number of amides is 1. The van der Waals surface area contributed by atoms with E-state index in [4.69, 9.17) is 5.11 Å². The first-order chi connectivity index (χ1) is 10.7. The molecule has 1 aromatic heterocycles. The van der Waals surface area contributed by atoms with E-state index in [9.17, 15) is 22.8 Å². The fourth-order valence-corrected chi connectivity index (χ4v) is 2.02. The van der Waals surface area contributed by atoms with Gasteiger partial charge in [0.25, 0.3) is 0 Å². The monoisotopic (exact) mass is 324 g/mol. The summed E-state index contributed by atoms with van der Waals surface area (Å²) in [6.45, 7) is 1.11. The van der Waals surface area contributed by atoms with Crippen molar-refractivity contribution in [3.8, 4) is 0 Å². The second kappa shape index (κ2) is 6.07. The highest BCUT2D eigenvalue weighted by Crippen LogP contribution is 2.34. The van der Waals surface area contributed by atoms with Gasteiger partial charge in [-0.1, -0.05) is 6.07 Å². The van der Waals surface area contributed by atoms with Crippen LogP contribution in [0.2, 0.25) is 0 Å². The van der Waals surface area contributed by atoms with Crippen molar-refractivity contribution in [2.45, 2.75) is 13.1 Å². The lowest BCUT2D eigenvalue weighted by Gasteiger charge is -2.22. The Morgan fingerprint density at radius 1 is 1.17 bits per heavy atom. The van der Waals surface area contributed by atoms with Crippen molar-refractivity contribution in [3.05, 3.63) is 53.7 Å². The van der Waals surface area contributed by atoms with E-state index in [2.05, 4.69) is 4.98 Å². The molecule has 0 fully saturated rings. The van der Waals surface area contributed by atoms with E-state index >= 15 is 0 Å². The van der Waals surface area contributed by atoms with E-state index < -0.39 is 23.6 Å². The first kappa shape index (κ1) is 16.5. The summed E-state index contributed by atoms with van der Waals surface area (Å²) in [6.07, 6.45) is -3.33. The zero-order valence-electron chi connectivity index (χ0n) is 11.8. The minimum absolute atomic E-state index is 0.117. The topological polar surface area (TPSA) is 70.5 Å². The van der Waals surface area contributed by atoms with Crippen LogP contribution in [0.1, 0.15) is 22.8 Å². The van der Waals surface area contributed by atoms with Gasteiger partial charge in [-0.15, -0.1) is 0 Å². The summed E-state index contributed by atoms with van der Waals surface area (Å²) < 4.78 is 38.5. The van der Waals surface area contributed by atoms with Crippen molar-refractivity contribution >= 4 is 23.4 Å². The van der Waals surface area contributed by atoms with Gasteiger partial charge in [-0.05, 0) is 30.3 Å². The molecule has 8 heteroatoms. The van der Waals surface area contributed by atoms with Gasteiger partial charge in [0.15, 0.2) is 5.82 Å². The number of benzene rings is 1. The third kappa shape index (κ3) is 3.47. The lowest BCUT2D eigenvalue weighted by Crippen LogP contribution is -2.26. The van der Waals surface area contributed by atoms with Crippen LogP contribution in [0.15, 0.2) is 42.6 Å². The molecule has 0 aliphatic rings. The van der Waals surface area contributed by atoms with Crippen LogP contribution in [0.3, 0.4) is 0 Å². The van der Waals surface area contributed by atoms with Gasteiger partial charge in [0, 0.05) is 13.1 Å². The van der Waals surface area contributed by atoms with Gasteiger partial charge in [-0.3, -0.25) is 9.69 Å². The third-order valence-corrected chi connectivity index (χ3v) is 2.98. The number of pyridine rings is 1. The summed E-state index contributed by atoms with van der Waals surface area (Å²) in [5.74, 6) is -2.25. The number of hydrogen-bond acceptors (Lipinski definition) is 3. The summed E-state index contributed by atoms with van der Waals surface area (Å²) in [5.41, 5.74) is -1.36. The number of nitrogens with zero attached hydrogens (tertiary/aromatic N) is 2. The summed E-state index contributed by atoms with van der Waals surface area (Å²) in [4.78, 5) is 27.8. The number of carbonyl (C=O) groups excluding carboxylic acids is 1. The second-order valence-electron chi connectivity index (χ2n) is 4.58. The number of anilines is 2. The maximum atomic E-state index is 12.8. The molecular formula is C15H11F3N2O3. The number of halogens is 3. The molecule has 1 amide bonds. The zero-order chi connectivity index (χ0) is 17.2. The molecule has 120 valence electrons. The average Bonchev–Trinajstić information content (AvgIpc) is 2.47. The number of alkyl halides is 3. The van der Waals surface area contributed by atoms with E-state index in [-0.39, 0.29) is 17.1 Å². The van der Waals surface area contributed by atoms with Gasteiger partial charge in [-0.25, -0.2) is 9.78 Å². The van der Waals surface area contributed by atoms with E-state index in [0.717, 1.165) is 30.0 Å². The highest BCUT2D eigenvalue weighted by atomic mass is 19.4. The Morgan fingerprint density at radius 3 is 2.43 bits per heavy atom. The maximum Gasteiger partial charge on any atom is 0.416 e. The van der Waals surface area contributed by atoms with Gasteiger partial charge in [0.2, 0.25) is 5.91 Å². The quantitative estimate of drug-likeness (QED) is 0.938.